The lowest BCUT2D eigenvalue weighted by atomic mass is 10.3. The first-order valence-electron chi connectivity index (χ1n) is 3.65. The highest BCUT2D eigenvalue weighted by Gasteiger charge is 2.05. The van der Waals surface area contributed by atoms with Crippen LogP contribution in [0, 0.1) is 11.3 Å². The molecule has 1 aromatic heterocycles. The lowest BCUT2D eigenvalue weighted by molar-refractivity contribution is 0.205. The summed E-state index contributed by atoms with van der Waals surface area (Å²) in [4.78, 5) is 0. The van der Waals surface area contributed by atoms with Gasteiger partial charge >= 0.3 is 0 Å². The van der Waals surface area contributed by atoms with Crippen molar-refractivity contribution in [3.8, 4) is 6.07 Å². The number of thioether (sulfide) groups is 1. The molecule has 1 N–H and O–H groups in total. The Morgan fingerprint density at radius 1 is 1.69 bits per heavy atom. The van der Waals surface area contributed by atoms with Gasteiger partial charge in [-0.3, -0.25) is 0 Å². The van der Waals surface area contributed by atoms with Crippen molar-refractivity contribution in [2.75, 3.05) is 5.75 Å². The Morgan fingerprint density at radius 2 is 2.46 bits per heavy atom. The zero-order chi connectivity index (χ0) is 9.68. The molecule has 1 unspecified atom stereocenters. The van der Waals surface area contributed by atoms with Gasteiger partial charge in [0, 0.05) is 5.75 Å². The minimum atomic E-state index is -0.518. The molecule has 1 aromatic rings. The Kier molecular flexibility index (Phi) is 4.81. The maximum Gasteiger partial charge on any atom is 0.0764 e. The van der Waals surface area contributed by atoms with E-state index >= 15 is 0 Å². The molecule has 0 bridgehead atoms. The Hall–Kier alpha value is -0.0200. The molecule has 0 aliphatic rings. The van der Waals surface area contributed by atoms with Crippen LogP contribution in [-0.2, 0) is 0 Å². The summed E-state index contributed by atoms with van der Waals surface area (Å²) in [5.74, 6) is 0.584. The smallest absolute Gasteiger partial charge is 0.0764 e. The van der Waals surface area contributed by atoms with Crippen LogP contribution < -0.4 is 0 Å². The van der Waals surface area contributed by atoms with E-state index in [4.69, 9.17) is 5.26 Å². The molecule has 0 radical (unpaired) electrons. The molecule has 5 heteroatoms. The van der Waals surface area contributed by atoms with Crippen molar-refractivity contribution in [2.45, 2.75) is 16.7 Å². The van der Waals surface area contributed by atoms with E-state index in [2.05, 4.69) is 15.9 Å². The highest BCUT2D eigenvalue weighted by atomic mass is 79.9. The van der Waals surface area contributed by atoms with Crippen LogP contribution in [0.4, 0.5) is 0 Å². The van der Waals surface area contributed by atoms with E-state index in [1.807, 2.05) is 18.2 Å². The molecule has 0 saturated heterocycles. The second-order valence-electron chi connectivity index (χ2n) is 2.39. The maximum atomic E-state index is 9.27. The zero-order valence-electron chi connectivity index (χ0n) is 6.74. The maximum absolute atomic E-state index is 9.27. The molecule has 0 saturated carbocycles. The predicted molar refractivity (Wildman–Crippen MR) is 59.0 cm³/mol. The van der Waals surface area contributed by atoms with Gasteiger partial charge in [0.15, 0.2) is 0 Å². The van der Waals surface area contributed by atoms with E-state index in [1.165, 1.54) is 0 Å². The average molecular weight is 278 g/mol. The lowest BCUT2D eigenvalue weighted by Crippen LogP contribution is -2.07. The van der Waals surface area contributed by atoms with Crippen molar-refractivity contribution >= 4 is 39.0 Å². The minimum absolute atomic E-state index is 0.208. The van der Waals surface area contributed by atoms with Crippen LogP contribution in [0.2, 0.25) is 0 Å². The van der Waals surface area contributed by atoms with Gasteiger partial charge in [-0.05, 0) is 28.1 Å². The Balaban J connectivity index is 2.31. The van der Waals surface area contributed by atoms with Crippen molar-refractivity contribution in [1.29, 1.82) is 5.26 Å². The third kappa shape index (κ3) is 4.14. The number of hydrogen-bond donors (Lipinski definition) is 1. The fourth-order valence-electron chi connectivity index (χ4n) is 0.718. The lowest BCUT2D eigenvalue weighted by Gasteiger charge is -2.02. The van der Waals surface area contributed by atoms with E-state index in [-0.39, 0.29) is 6.42 Å². The van der Waals surface area contributed by atoms with Gasteiger partial charge in [0.1, 0.15) is 0 Å². The first kappa shape index (κ1) is 11.1. The van der Waals surface area contributed by atoms with E-state index in [9.17, 15) is 5.11 Å². The fraction of sp³-hybridized carbons (Fsp3) is 0.375. The molecule has 0 aliphatic heterocycles. The second-order valence-corrected chi connectivity index (χ2v) is 6.17. The normalized spacial score (nSPS) is 12.4. The molecule has 1 atom stereocenters. The van der Waals surface area contributed by atoms with Gasteiger partial charge < -0.3 is 5.11 Å². The third-order valence-corrected chi connectivity index (χ3v) is 4.29. The molecule has 0 aromatic carbocycles. The van der Waals surface area contributed by atoms with E-state index in [0.29, 0.717) is 5.75 Å². The third-order valence-electron chi connectivity index (χ3n) is 1.29. The van der Waals surface area contributed by atoms with Gasteiger partial charge in [-0.2, -0.15) is 5.26 Å². The van der Waals surface area contributed by atoms with E-state index in [1.54, 1.807) is 23.1 Å². The number of aliphatic hydroxyl groups is 1. The van der Waals surface area contributed by atoms with Crippen molar-refractivity contribution in [2.24, 2.45) is 0 Å². The number of aliphatic hydroxyl groups excluding tert-OH is 1. The number of nitrogens with zero attached hydrogens (tertiary/aromatic N) is 1. The van der Waals surface area contributed by atoms with Gasteiger partial charge in [0.05, 0.1) is 26.6 Å². The first-order valence-corrected chi connectivity index (χ1v) is 6.25. The number of rotatable bonds is 4. The monoisotopic (exact) mass is 277 g/mol. The zero-order valence-corrected chi connectivity index (χ0v) is 9.95. The number of thiophene rings is 1. The fourth-order valence-corrected chi connectivity index (χ4v) is 3.51. The molecule has 13 heavy (non-hydrogen) atoms. The van der Waals surface area contributed by atoms with Crippen molar-refractivity contribution in [3.05, 3.63) is 15.9 Å². The SMILES string of the molecule is N#CCC(O)CSc1ccc(Br)s1. The minimum Gasteiger partial charge on any atom is -0.391 e. The highest BCUT2D eigenvalue weighted by Crippen LogP contribution is 2.30. The molecule has 1 heterocycles. The second kappa shape index (κ2) is 5.66. The Labute approximate surface area is 93.7 Å². The summed E-state index contributed by atoms with van der Waals surface area (Å²) in [6, 6.07) is 5.91. The van der Waals surface area contributed by atoms with Crippen LogP contribution >= 0.6 is 39.0 Å². The average Bonchev–Trinajstić information content (AvgIpc) is 2.49. The predicted octanol–water partition coefficient (Wildman–Crippen LogP) is 2.88. The first-order chi connectivity index (χ1) is 6.22. The van der Waals surface area contributed by atoms with Crippen LogP contribution in [0.5, 0.6) is 0 Å². The van der Waals surface area contributed by atoms with Crippen LogP contribution in [0.1, 0.15) is 6.42 Å². The summed E-state index contributed by atoms with van der Waals surface area (Å²) in [7, 11) is 0. The molecule has 0 amide bonds. The summed E-state index contributed by atoms with van der Waals surface area (Å²) in [6.45, 7) is 0. The van der Waals surface area contributed by atoms with Crippen LogP contribution in [0.15, 0.2) is 20.1 Å². The standard InChI is InChI=1S/C8H8BrNOS2/c9-7-1-2-8(13-7)12-5-6(11)3-4-10/h1-2,6,11H,3,5H2. The Morgan fingerprint density at radius 3 is 3.00 bits per heavy atom. The van der Waals surface area contributed by atoms with Gasteiger partial charge in [0.25, 0.3) is 0 Å². The molecule has 70 valence electrons. The molecular weight excluding hydrogens is 270 g/mol. The summed E-state index contributed by atoms with van der Waals surface area (Å²) >= 11 is 6.57. The van der Waals surface area contributed by atoms with Gasteiger partial charge in [-0.1, -0.05) is 0 Å². The van der Waals surface area contributed by atoms with Crippen LogP contribution in [0.3, 0.4) is 0 Å². The molecular formula is C8H8BrNOS2. The van der Waals surface area contributed by atoms with E-state index < -0.39 is 6.10 Å². The van der Waals surface area contributed by atoms with Crippen LogP contribution in [-0.4, -0.2) is 17.0 Å². The number of nitriles is 1. The van der Waals surface area contributed by atoms with Gasteiger partial charge in [-0.15, -0.1) is 23.1 Å². The molecule has 0 spiro atoms. The van der Waals surface area contributed by atoms with Crippen LogP contribution in [0.25, 0.3) is 0 Å². The number of hydrogen-bond acceptors (Lipinski definition) is 4. The van der Waals surface area contributed by atoms with Crippen molar-refractivity contribution in [1.82, 2.24) is 0 Å². The largest absolute Gasteiger partial charge is 0.391 e. The van der Waals surface area contributed by atoms with E-state index in [0.717, 1.165) is 8.00 Å². The summed E-state index contributed by atoms with van der Waals surface area (Å²) in [5.41, 5.74) is 0. The van der Waals surface area contributed by atoms with Gasteiger partial charge in [0.2, 0.25) is 0 Å². The topological polar surface area (TPSA) is 44.0 Å². The van der Waals surface area contributed by atoms with Crippen molar-refractivity contribution in [3.63, 3.8) is 0 Å². The molecule has 0 aliphatic carbocycles. The Bertz CT molecular complexity index is 307. The molecule has 1 rings (SSSR count). The summed E-state index contributed by atoms with van der Waals surface area (Å²) in [5, 5.41) is 17.6. The molecule has 0 fully saturated rings. The summed E-state index contributed by atoms with van der Waals surface area (Å²) in [6.07, 6.45) is -0.310. The quantitative estimate of drug-likeness (QED) is 0.861. The highest BCUT2D eigenvalue weighted by molar-refractivity contribution is 9.11. The van der Waals surface area contributed by atoms with Crippen molar-refractivity contribution < 1.29 is 5.11 Å². The van der Waals surface area contributed by atoms with Gasteiger partial charge in [-0.25, -0.2) is 0 Å². The molecule has 2 nitrogen and oxygen atoms in total. The summed E-state index contributed by atoms with van der Waals surface area (Å²) < 4.78 is 2.24. The number of halogens is 1.